The van der Waals surface area contributed by atoms with Crippen LogP contribution in [0.25, 0.3) is 0 Å². The number of alkyl halides is 1. The zero-order valence-corrected chi connectivity index (χ0v) is 12.2. The number of halogens is 1. The molecule has 0 bridgehead atoms. The summed E-state index contributed by atoms with van der Waals surface area (Å²) < 4.78 is 0. The lowest BCUT2D eigenvalue weighted by Crippen LogP contribution is -2.27. The van der Waals surface area contributed by atoms with Crippen LogP contribution in [0.2, 0.25) is 0 Å². The highest BCUT2D eigenvalue weighted by Gasteiger charge is 2.02. The number of nitrogens with zero attached hydrogens (tertiary/aromatic N) is 1. The molecule has 0 N–H and O–H groups in total. The van der Waals surface area contributed by atoms with Gasteiger partial charge in [-0.1, -0.05) is 49.0 Å². The Labute approximate surface area is 105 Å². The van der Waals surface area contributed by atoms with Gasteiger partial charge in [0.2, 0.25) is 0 Å². The number of unbranched alkanes of at least 4 members (excludes halogenated alkanes) is 4. The van der Waals surface area contributed by atoms with Gasteiger partial charge in [0.15, 0.2) is 0 Å². The SMILES string of the molecule is CCCCN(CCCC)CCCCCBr. The van der Waals surface area contributed by atoms with Crippen LogP contribution in [0.5, 0.6) is 0 Å². The van der Waals surface area contributed by atoms with Crippen molar-refractivity contribution in [3.8, 4) is 0 Å². The fourth-order valence-corrected chi connectivity index (χ4v) is 2.10. The van der Waals surface area contributed by atoms with Crippen molar-refractivity contribution >= 4 is 15.9 Å². The largest absolute Gasteiger partial charge is 0.303 e. The number of hydrogen-bond donors (Lipinski definition) is 0. The molecule has 15 heavy (non-hydrogen) atoms. The molecule has 0 aromatic carbocycles. The van der Waals surface area contributed by atoms with E-state index in [1.54, 1.807) is 0 Å². The van der Waals surface area contributed by atoms with Gasteiger partial charge >= 0.3 is 0 Å². The van der Waals surface area contributed by atoms with E-state index in [1.165, 1.54) is 64.6 Å². The number of rotatable bonds is 11. The predicted molar refractivity (Wildman–Crippen MR) is 73.9 cm³/mol. The van der Waals surface area contributed by atoms with Crippen LogP contribution < -0.4 is 0 Å². The van der Waals surface area contributed by atoms with Gasteiger partial charge in [-0.15, -0.1) is 0 Å². The second kappa shape index (κ2) is 12.5. The highest BCUT2D eigenvalue weighted by atomic mass is 79.9. The van der Waals surface area contributed by atoms with Crippen LogP contribution in [0.1, 0.15) is 58.8 Å². The molecule has 0 heterocycles. The van der Waals surface area contributed by atoms with Crippen molar-refractivity contribution in [1.29, 1.82) is 0 Å². The molecular weight excluding hydrogens is 250 g/mol. The lowest BCUT2D eigenvalue weighted by atomic mass is 10.2. The van der Waals surface area contributed by atoms with E-state index in [2.05, 4.69) is 34.7 Å². The van der Waals surface area contributed by atoms with E-state index in [4.69, 9.17) is 0 Å². The monoisotopic (exact) mass is 277 g/mol. The van der Waals surface area contributed by atoms with Crippen molar-refractivity contribution < 1.29 is 0 Å². The minimum Gasteiger partial charge on any atom is -0.303 e. The molecular formula is C13H28BrN. The summed E-state index contributed by atoms with van der Waals surface area (Å²) in [6.07, 6.45) is 9.45. The second-order valence-corrected chi connectivity index (χ2v) is 5.09. The third-order valence-corrected chi connectivity index (χ3v) is 3.32. The fourth-order valence-electron chi connectivity index (χ4n) is 1.71. The molecule has 0 aliphatic carbocycles. The first kappa shape index (κ1) is 15.4. The average molecular weight is 278 g/mol. The molecule has 0 aliphatic heterocycles. The Hall–Kier alpha value is 0.440. The Morgan fingerprint density at radius 1 is 0.733 bits per heavy atom. The van der Waals surface area contributed by atoms with Crippen LogP contribution in [-0.2, 0) is 0 Å². The quantitative estimate of drug-likeness (QED) is 0.398. The molecule has 0 atom stereocenters. The van der Waals surface area contributed by atoms with Crippen molar-refractivity contribution in [3.63, 3.8) is 0 Å². The van der Waals surface area contributed by atoms with E-state index in [1.807, 2.05) is 0 Å². The molecule has 0 fully saturated rings. The first-order valence-corrected chi connectivity index (χ1v) is 7.75. The van der Waals surface area contributed by atoms with Crippen molar-refractivity contribution in [1.82, 2.24) is 4.90 Å². The van der Waals surface area contributed by atoms with E-state index < -0.39 is 0 Å². The van der Waals surface area contributed by atoms with Crippen LogP contribution in [0.4, 0.5) is 0 Å². The smallest absolute Gasteiger partial charge is 0.00313 e. The normalized spacial score (nSPS) is 11.2. The Bertz CT molecular complexity index is 109. The Balaban J connectivity index is 3.49. The summed E-state index contributed by atoms with van der Waals surface area (Å²) >= 11 is 3.49. The van der Waals surface area contributed by atoms with Crippen LogP contribution in [0, 0.1) is 0 Å². The van der Waals surface area contributed by atoms with Gasteiger partial charge in [-0.25, -0.2) is 0 Å². The third-order valence-electron chi connectivity index (χ3n) is 2.76. The molecule has 92 valence electrons. The molecule has 0 aromatic rings. The minimum absolute atomic E-state index is 1.16. The minimum atomic E-state index is 1.16. The molecule has 0 saturated carbocycles. The van der Waals surface area contributed by atoms with E-state index in [9.17, 15) is 0 Å². The maximum Gasteiger partial charge on any atom is 0.00313 e. The van der Waals surface area contributed by atoms with E-state index >= 15 is 0 Å². The van der Waals surface area contributed by atoms with Crippen LogP contribution in [0.15, 0.2) is 0 Å². The summed E-state index contributed by atoms with van der Waals surface area (Å²) in [7, 11) is 0. The van der Waals surface area contributed by atoms with Crippen molar-refractivity contribution in [2.45, 2.75) is 58.8 Å². The van der Waals surface area contributed by atoms with Gasteiger partial charge in [0.25, 0.3) is 0 Å². The molecule has 0 radical (unpaired) electrons. The van der Waals surface area contributed by atoms with Gasteiger partial charge in [-0.05, 0) is 45.3 Å². The average Bonchev–Trinajstić information content (AvgIpc) is 2.27. The summed E-state index contributed by atoms with van der Waals surface area (Å²) in [5.41, 5.74) is 0. The maximum absolute atomic E-state index is 3.49. The van der Waals surface area contributed by atoms with E-state index in [-0.39, 0.29) is 0 Å². The van der Waals surface area contributed by atoms with Gasteiger partial charge in [-0.3, -0.25) is 0 Å². The van der Waals surface area contributed by atoms with Gasteiger partial charge in [0.05, 0.1) is 0 Å². The van der Waals surface area contributed by atoms with Crippen LogP contribution >= 0.6 is 15.9 Å². The first-order valence-electron chi connectivity index (χ1n) is 6.63. The standard InChI is InChI=1S/C13H28BrN/c1-3-5-11-15(12-6-4-2)13-9-7-8-10-14/h3-13H2,1-2H3. The zero-order chi connectivity index (χ0) is 11.4. The Morgan fingerprint density at radius 2 is 1.27 bits per heavy atom. The lowest BCUT2D eigenvalue weighted by molar-refractivity contribution is 0.260. The van der Waals surface area contributed by atoms with E-state index in [0.717, 1.165) is 5.33 Å². The van der Waals surface area contributed by atoms with Crippen molar-refractivity contribution in [2.75, 3.05) is 25.0 Å². The molecule has 0 aromatic heterocycles. The van der Waals surface area contributed by atoms with Crippen LogP contribution in [-0.4, -0.2) is 29.9 Å². The molecule has 1 nitrogen and oxygen atoms in total. The summed E-state index contributed by atoms with van der Waals surface area (Å²) in [6.45, 7) is 8.49. The van der Waals surface area contributed by atoms with Crippen molar-refractivity contribution in [2.24, 2.45) is 0 Å². The topological polar surface area (TPSA) is 3.24 Å². The molecule has 2 heteroatoms. The zero-order valence-electron chi connectivity index (χ0n) is 10.6. The summed E-state index contributed by atoms with van der Waals surface area (Å²) in [4.78, 5) is 2.65. The fraction of sp³-hybridized carbons (Fsp3) is 1.00. The summed E-state index contributed by atoms with van der Waals surface area (Å²) in [5.74, 6) is 0. The molecule has 0 aliphatic rings. The Kier molecular flexibility index (Phi) is 12.9. The predicted octanol–water partition coefficient (Wildman–Crippen LogP) is 4.45. The first-order chi connectivity index (χ1) is 7.35. The molecule has 0 rings (SSSR count). The third kappa shape index (κ3) is 10.7. The van der Waals surface area contributed by atoms with Gasteiger partial charge in [0.1, 0.15) is 0 Å². The maximum atomic E-state index is 3.49. The molecule has 0 unspecified atom stereocenters. The van der Waals surface area contributed by atoms with Crippen LogP contribution in [0.3, 0.4) is 0 Å². The molecule has 0 spiro atoms. The van der Waals surface area contributed by atoms with Crippen molar-refractivity contribution in [3.05, 3.63) is 0 Å². The number of hydrogen-bond acceptors (Lipinski definition) is 1. The molecule has 0 saturated heterocycles. The lowest BCUT2D eigenvalue weighted by Gasteiger charge is -2.21. The highest BCUT2D eigenvalue weighted by molar-refractivity contribution is 9.09. The second-order valence-electron chi connectivity index (χ2n) is 4.30. The highest BCUT2D eigenvalue weighted by Crippen LogP contribution is 2.04. The van der Waals surface area contributed by atoms with Gasteiger partial charge in [-0.2, -0.15) is 0 Å². The molecule has 0 amide bonds. The van der Waals surface area contributed by atoms with E-state index in [0.29, 0.717) is 0 Å². The van der Waals surface area contributed by atoms with Gasteiger partial charge < -0.3 is 4.90 Å². The summed E-state index contributed by atoms with van der Waals surface area (Å²) in [5, 5.41) is 1.16. The van der Waals surface area contributed by atoms with Gasteiger partial charge in [0, 0.05) is 5.33 Å². The Morgan fingerprint density at radius 3 is 1.73 bits per heavy atom. The summed E-state index contributed by atoms with van der Waals surface area (Å²) in [6, 6.07) is 0.